The van der Waals surface area contributed by atoms with Gasteiger partial charge in [-0.3, -0.25) is 14.9 Å². The molecule has 2 heterocycles. The molecule has 2 rings (SSSR count). The zero-order chi connectivity index (χ0) is 18.8. The number of unbranched alkanes of at least 4 members (excludes halogenated alkanes) is 1. The number of carbonyl (C=O) groups excluding carboxylic acids is 1. The molecule has 2 fully saturated rings. The number of carboxylic acids is 1. The van der Waals surface area contributed by atoms with Gasteiger partial charge in [0.05, 0.1) is 6.10 Å². The van der Waals surface area contributed by atoms with Gasteiger partial charge in [-0.15, -0.1) is 0 Å². The Balaban J connectivity index is 2.06. The minimum atomic E-state index is -1.38. The Morgan fingerprint density at radius 1 is 1.40 bits per heavy atom. The van der Waals surface area contributed by atoms with Crippen LogP contribution in [0.5, 0.6) is 0 Å². The van der Waals surface area contributed by atoms with Gasteiger partial charge < -0.3 is 30.9 Å². The number of rotatable bonds is 8. The second-order valence-electron chi connectivity index (χ2n) is 7.14. The van der Waals surface area contributed by atoms with E-state index >= 15 is 0 Å². The van der Waals surface area contributed by atoms with E-state index in [-0.39, 0.29) is 24.2 Å². The van der Waals surface area contributed by atoms with Gasteiger partial charge in [0.2, 0.25) is 5.91 Å². The maximum atomic E-state index is 12.5. The topological polar surface area (TPSA) is 156 Å². The highest BCUT2D eigenvalue weighted by molar-refractivity contribution is 6.40. The predicted molar refractivity (Wildman–Crippen MR) is 90.5 cm³/mol. The first kappa shape index (κ1) is 20.1. The molecule has 0 radical (unpaired) electrons. The van der Waals surface area contributed by atoms with Crippen molar-refractivity contribution in [1.82, 2.24) is 10.2 Å². The summed E-state index contributed by atoms with van der Waals surface area (Å²) >= 11 is 0. The summed E-state index contributed by atoms with van der Waals surface area (Å²) in [7, 11) is -1.38. The Kier molecular flexibility index (Phi) is 6.44. The number of aliphatic carboxylic acids is 1. The second-order valence-corrected chi connectivity index (χ2v) is 7.14. The highest BCUT2D eigenvalue weighted by Gasteiger charge is 2.58. The van der Waals surface area contributed by atoms with Crippen LogP contribution >= 0.6 is 0 Å². The van der Waals surface area contributed by atoms with Gasteiger partial charge in [0, 0.05) is 25.0 Å². The van der Waals surface area contributed by atoms with E-state index in [0.717, 1.165) is 0 Å². The highest BCUT2D eigenvalue weighted by atomic mass is 16.4. The van der Waals surface area contributed by atoms with Crippen LogP contribution in [0.25, 0.3) is 0 Å². The molecule has 0 aromatic rings. The fourth-order valence-corrected chi connectivity index (χ4v) is 4.12. The Labute approximate surface area is 147 Å². The average molecular weight is 357 g/mol. The fourth-order valence-electron chi connectivity index (χ4n) is 4.12. The molecule has 0 unspecified atom stereocenters. The van der Waals surface area contributed by atoms with Crippen molar-refractivity contribution in [3.8, 4) is 0 Å². The molecule has 1 amide bonds. The van der Waals surface area contributed by atoms with Gasteiger partial charge in [-0.1, -0.05) is 12.8 Å². The first-order valence-electron chi connectivity index (χ1n) is 8.79. The maximum absolute atomic E-state index is 12.5. The molecule has 2 aliphatic heterocycles. The van der Waals surface area contributed by atoms with Crippen molar-refractivity contribution in [1.29, 1.82) is 0 Å². The van der Waals surface area contributed by atoms with E-state index in [1.165, 1.54) is 6.92 Å². The summed E-state index contributed by atoms with van der Waals surface area (Å²) < 4.78 is 0. The number of aliphatic hydroxyl groups excluding tert-OH is 1. The van der Waals surface area contributed by atoms with Gasteiger partial charge in [-0.05, 0) is 26.1 Å². The van der Waals surface area contributed by atoms with Crippen LogP contribution in [0.2, 0.25) is 6.32 Å². The number of likely N-dealkylation sites (tertiary alicyclic amines) is 1. The fraction of sp³-hybridized carbons (Fsp3) is 0.867. The van der Waals surface area contributed by atoms with Crippen molar-refractivity contribution < 1.29 is 29.9 Å². The third-order valence-electron chi connectivity index (χ3n) is 5.56. The monoisotopic (exact) mass is 357 g/mol. The molecule has 0 aromatic heterocycles. The normalized spacial score (nSPS) is 30.8. The molecular weight excluding hydrogens is 329 g/mol. The summed E-state index contributed by atoms with van der Waals surface area (Å²) in [5.74, 6) is -1.53. The summed E-state index contributed by atoms with van der Waals surface area (Å²) in [5, 5.41) is 40.3. The summed E-state index contributed by atoms with van der Waals surface area (Å²) in [4.78, 5) is 26.0. The zero-order valence-corrected chi connectivity index (χ0v) is 14.5. The maximum Gasteiger partial charge on any atom is 0.451 e. The lowest BCUT2D eigenvalue weighted by Gasteiger charge is -2.31. The molecule has 0 aliphatic carbocycles. The third kappa shape index (κ3) is 3.98. The Hall–Kier alpha value is -1.20. The summed E-state index contributed by atoms with van der Waals surface area (Å²) in [6.07, 6.45) is 1.22. The standard InChI is InChI=1S/C15H28BN3O6/c1-9(20)12(17)13(21)19-7-4-10-11(19)8-18-15(10,14(22)23)5-2-3-6-16(24)25/h9-12,18,20,24-25H,2-8,17H2,1H3,(H,22,23)/t9-,10-,11-,12+,15+/m0/s1. The molecule has 0 aromatic carbocycles. The predicted octanol–water partition coefficient (Wildman–Crippen LogP) is -2.02. The second kappa shape index (κ2) is 8.00. The molecule has 9 nitrogen and oxygen atoms in total. The lowest BCUT2D eigenvalue weighted by Crippen LogP contribution is -2.52. The van der Waals surface area contributed by atoms with Crippen LogP contribution in [0.3, 0.4) is 0 Å². The Morgan fingerprint density at radius 3 is 2.64 bits per heavy atom. The van der Waals surface area contributed by atoms with E-state index in [4.69, 9.17) is 15.8 Å². The number of amides is 1. The van der Waals surface area contributed by atoms with Crippen LogP contribution in [-0.2, 0) is 9.59 Å². The van der Waals surface area contributed by atoms with Crippen LogP contribution in [0.1, 0.15) is 32.6 Å². The molecule has 7 N–H and O–H groups in total. The van der Waals surface area contributed by atoms with Gasteiger partial charge >= 0.3 is 13.1 Å². The van der Waals surface area contributed by atoms with Gasteiger partial charge in [-0.25, -0.2) is 0 Å². The number of hydrogen-bond donors (Lipinski definition) is 6. The van der Waals surface area contributed by atoms with Crippen LogP contribution in [-0.4, -0.2) is 81.0 Å². The lowest BCUT2D eigenvalue weighted by molar-refractivity contribution is -0.147. The van der Waals surface area contributed by atoms with Crippen molar-refractivity contribution in [3.63, 3.8) is 0 Å². The molecule has 25 heavy (non-hydrogen) atoms. The van der Waals surface area contributed by atoms with Crippen molar-refractivity contribution in [2.75, 3.05) is 13.1 Å². The molecular formula is C15H28BN3O6. The number of hydrogen-bond acceptors (Lipinski definition) is 7. The lowest BCUT2D eigenvalue weighted by atomic mass is 9.77. The quantitative estimate of drug-likeness (QED) is 0.215. The SMILES string of the molecule is C[C@H](O)[C@@H](N)C(=O)N1CC[C@H]2[C@@H]1CN[C@@]2(CCCCB(O)O)C(=O)O. The summed E-state index contributed by atoms with van der Waals surface area (Å²) in [5.41, 5.74) is 4.64. The molecule has 2 aliphatic rings. The van der Waals surface area contributed by atoms with Crippen LogP contribution in [0.15, 0.2) is 0 Å². The van der Waals surface area contributed by atoms with Crippen molar-refractivity contribution >= 4 is 19.0 Å². The molecule has 0 bridgehead atoms. The first-order chi connectivity index (χ1) is 11.7. The summed E-state index contributed by atoms with van der Waals surface area (Å²) in [6.45, 7) is 2.26. The number of aliphatic hydroxyl groups is 1. The molecule has 5 atom stereocenters. The van der Waals surface area contributed by atoms with Crippen molar-refractivity contribution in [2.24, 2.45) is 11.7 Å². The summed E-state index contributed by atoms with van der Waals surface area (Å²) in [6, 6.07) is -1.26. The molecule has 0 spiro atoms. The minimum absolute atomic E-state index is 0.206. The first-order valence-corrected chi connectivity index (χ1v) is 8.79. The van der Waals surface area contributed by atoms with Crippen LogP contribution in [0.4, 0.5) is 0 Å². The van der Waals surface area contributed by atoms with Crippen LogP contribution < -0.4 is 11.1 Å². The average Bonchev–Trinajstić information content (AvgIpc) is 3.11. The van der Waals surface area contributed by atoms with Gasteiger partial charge in [0.25, 0.3) is 0 Å². The highest BCUT2D eigenvalue weighted by Crippen LogP contribution is 2.41. The van der Waals surface area contributed by atoms with E-state index in [1.807, 2.05) is 0 Å². The number of nitrogens with two attached hydrogens (primary N) is 1. The number of nitrogens with zero attached hydrogens (tertiary/aromatic N) is 1. The number of fused-ring (bicyclic) bond motifs is 1. The Morgan fingerprint density at radius 2 is 2.08 bits per heavy atom. The molecule has 142 valence electrons. The number of nitrogens with one attached hydrogen (secondary N) is 1. The molecule has 10 heteroatoms. The molecule has 0 saturated carbocycles. The van der Waals surface area contributed by atoms with Gasteiger partial charge in [-0.2, -0.15) is 0 Å². The van der Waals surface area contributed by atoms with Crippen LogP contribution in [0, 0.1) is 5.92 Å². The van der Waals surface area contributed by atoms with E-state index in [9.17, 15) is 19.8 Å². The smallest absolute Gasteiger partial charge is 0.451 e. The van der Waals surface area contributed by atoms with Gasteiger partial charge in [0.1, 0.15) is 11.6 Å². The molecule has 2 saturated heterocycles. The third-order valence-corrected chi connectivity index (χ3v) is 5.56. The van der Waals surface area contributed by atoms with Gasteiger partial charge in [0.15, 0.2) is 0 Å². The van der Waals surface area contributed by atoms with Crippen molar-refractivity contribution in [3.05, 3.63) is 0 Å². The zero-order valence-electron chi connectivity index (χ0n) is 14.5. The largest absolute Gasteiger partial charge is 0.480 e. The van der Waals surface area contributed by atoms with E-state index in [1.54, 1.807) is 4.90 Å². The number of carbonyl (C=O) groups is 2. The van der Waals surface area contributed by atoms with E-state index in [2.05, 4.69) is 5.32 Å². The van der Waals surface area contributed by atoms with E-state index in [0.29, 0.717) is 38.8 Å². The van der Waals surface area contributed by atoms with Crippen molar-refractivity contribution in [2.45, 2.75) is 62.7 Å². The van der Waals surface area contributed by atoms with E-state index < -0.39 is 30.8 Å². The number of carboxylic acid groups (broad SMARTS) is 1. The Bertz CT molecular complexity index is 506. The minimum Gasteiger partial charge on any atom is -0.480 e.